The van der Waals surface area contributed by atoms with Crippen LogP contribution in [-0.4, -0.2) is 30.1 Å². The van der Waals surface area contributed by atoms with Gasteiger partial charge in [0, 0.05) is 17.8 Å². The maximum absolute atomic E-state index is 5.47. The Labute approximate surface area is 103 Å². The van der Waals surface area contributed by atoms with Crippen LogP contribution in [-0.2, 0) is 0 Å². The van der Waals surface area contributed by atoms with Crippen molar-refractivity contribution in [1.82, 2.24) is 10.7 Å². The predicted molar refractivity (Wildman–Crippen MR) is 72.6 cm³/mol. The molecule has 0 aliphatic heterocycles. The highest BCUT2D eigenvalue weighted by Crippen LogP contribution is 2.26. The number of nitrogens with one attached hydrogen (secondary N) is 2. The number of nitrogens with two attached hydrogens (primary N) is 1. The SMILES string of the molecule is CCCN=C(NN)NC1CCCCC1SC. The van der Waals surface area contributed by atoms with Gasteiger partial charge in [-0.2, -0.15) is 11.8 Å². The summed E-state index contributed by atoms with van der Waals surface area (Å²) in [5, 5.41) is 4.12. The Kier molecular flexibility index (Phi) is 6.64. The Morgan fingerprint density at radius 3 is 2.81 bits per heavy atom. The largest absolute Gasteiger partial charge is 0.351 e. The van der Waals surface area contributed by atoms with E-state index < -0.39 is 0 Å². The molecular weight excluding hydrogens is 220 g/mol. The van der Waals surface area contributed by atoms with E-state index in [-0.39, 0.29) is 0 Å². The lowest BCUT2D eigenvalue weighted by molar-refractivity contribution is 0.422. The lowest BCUT2D eigenvalue weighted by Gasteiger charge is -2.31. The lowest BCUT2D eigenvalue weighted by atomic mass is 9.95. The molecule has 1 rings (SSSR count). The molecule has 0 amide bonds. The highest BCUT2D eigenvalue weighted by atomic mass is 32.2. The number of hydrogen-bond donors (Lipinski definition) is 3. The molecule has 0 heterocycles. The van der Waals surface area contributed by atoms with Crippen molar-refractivity contribution < 1.29 is 0 Å². The molecule has 94 valence electrons. The summed E-state index contributed by atoms with van der Waals surface area (Å²) in [4.78, 5) is 4.38. The Morgan fingerprint density at radius 1 is 1.44 bits per heavy atom. The van der Waals surface area contributed by atoms with Crippen LogP contribution in [0.5, 0.6) is 0 Å². The van der Waals surface area contributed by atoms with E-state index in [9.17, 15) is 0 Å². The molecule has 4 N–H and O–H groups in total. The first kappa shape index (κ1) is 13.6. The van der Waals surface area contributed by atoms with Crippen molar-refractivity contribution in [2.24, 2.45) is 10.8 Å². The zero-order chi connectivity index (χ0) is 11.8. The molecule has 16 heavy (non-hydrogen) atoms. The Balaban J connectivity index is 2.48. The molecular formula is C11H24N4S. The van der Waals surface area contributed by atoms with Crippen molar-refractivity contribution in [1.29, 1.82) is 0 Å². The van der Waals surface area contributed by atoms with E-state index in [1.165, 1.54) is 25.7 Å². The van der Waals surface area contributed by atoms with Crippen molar-refractivity contribution in [3.63, 3.8) is 0 Å². The van der Waals surface area contributed by atoms with Gasteiger partial charge in [0.1, 0.15) is 0 Å². The first-order valence-electron chi connectivity index (χ1n) is 6.12. The van der Waals surface area contributed by atoms with Gasteiger partial charge in [0.05, 0.1) is 0 Å². The van der Waals surface area contributed by atoms with Crippen molar-refractivity contribution in [2.45, 2.75) is 50.3 Å². The third-order valence-corrected chi connectivity index (χ3v) is 4.13. The van der Waals surface area contributed by atoms with Gasteiger partial charge in [-0.3, -0.25) is 10.4 Å². The van der Waals surface area contributed by atoms with E-state index in [1.807, 2.05) is 11.8 Å². The molecule has 0 bridgehead atoms. The first-order chi connectivity index (χ1) is 7.81. The molecule has 0 spiro atoms. The molecule has 1 fully saturated rings. The van der Waals surface area contributed by atoms with Gasteiger partial charge in [0.15, 0.2) is 0 Å². The van der Waals surface area contributed by atoms with Gasteiger partial charge in [-0.15, -0.1) is 0 Å². The normalized spacial score (nSPS) is 26.6. The van der Waals surface area contributed by atoms with Gasteiger partial charge in [-0.05, 0) is 25.5 Å². The maximum Gasteiger partial charge on any atom is 0.205 e. The van der Waals surface area contributed by atoms with E-state index in [2.05, 4.69) is 28.9 Å². The molecule has 2 unspecified atom stereocenters. The first-order valence-corrected chi connectivity index (χ1v) is 7.41. The molecule has 1 aliphatic rings. The number of hydrazine groups is 1. The molecule has 0 radical (unpaired) electrons. The van der Waals surface area contributed by atoms with E-state index in [0.29, 0.717) is 11.3 Å². The molecule has 0 aromatic rings. The van der Waals surface area contributed by atoms with Crippen LogP contribution in [0.4, 0.5) is 0 Å². The fourth-order valence-electron chi connectivity index (χ4n) is 2.08. The fourth-order valence-corrected chi connectivity index (χ4v) is 3.01. The monoisotopic (exact) mass is 244 g/mol. The van der Waals surface area contributed by atoms with E-state index in [4.69, 9.17) is 5.84 Å². The molecule has 0 saturated heterocycles. The molecule has 2 atom stereocenters. The van der Waals surface area contributed by atoms with Crippen LogP contribution in [0.1, 0.15) is 39.0 Å². The molecule has 0 aromatic carbocycles. The third-order valence-electron chi connectivity index (χ3n) is 2.96. The number of rotatable bonds is 4. The molecule has 5 heteroatoms. The zero-order valence-electron chi connectivity index (χ0n) is 10.3. The van der Waals surface area contributed by atoms with Crippen molar-refractivity contribution in [2.75, 3.05) is 12.8 Å². The highest BCUT2D eigenvalue weighted by Gasteiger charge is 2.24. The van der Waals surface area contributed by atoms with E-state index >= 15 is 0 Å². The Morgan fingerprint density at radius 2 is 2.19 bits per heavy atom. The third kappa shape index (κ3) is 4.22. The van der Waals surface area contributed by atoms with Crippen molar-refractivity contribution in [3.05, 3.63) is 0 Å². The summed E-state index contributed by atoms with van der Waals surface area (Å²) < 4.78 is 0. The fraction of sp³-hybridized carbons (Fsp3) is 0.909. The van der Waals surface area contributed by atoms with Crippen LogP contribution >= 0.6 is 11.8 Å². The number of hydrogen-bond acceptors (Lipinski definition) is 3. The zero-order valence-corrected chi connectivity index (χ0v) is 11.1. The van der Waals surface area contributed by atoms with Crippen LogP contribution in [0.2, 0.25) is 0 Å². The lowest BCUT2D eigenvalue weighted by Crippen LogP contribution is -2.50. The van der Waals surface area contributed by atoms with Gasteiger partial charge < -0.3 is 5.32 Å². The topological polar surface area (TPSA) is 62.4 Å². The average molecular weight is 244 g/mol. The molecule has 4 nitrogen and oxygen atoms in total. The number of guanidine groups is 1. The van der Waals surface area contributed by atoms with Crippen LogP contribution in [0, 0.1) is 0 Å². The van der Waals surface area contributed by atoms with E-state index in [0.717, 1.165) is 18.9 Å². The average Bonchev–Trinajstić information content (AvgIpc) is 2.34. The smallest absolute Gasteiger partial charge is 0.205 e. The summed E-state index contributed by atoms with van der Waals surface area (Å²) in [6.07, 6.45) is 8.40. The second-order valence-electron chi connectivity index (χ2n) is 4.18. The second kappa shape index (κ2) is 7.79. The predicted octanol–water partition coefficient (Wildman–Crippen LogP) is 1.48. The maximum atomic E-state index is 5.47. The minimum absolute atomic E-state index is 0.510. The van der Waals surface area contributed by atoms with Crippen LogP contribution in [0.3, 0.4) is 0 Å². The standard InChI is InChI=1S/C11H24N4S/c1-3-8-13-11(15-12)14-9-6-4-5-7-10(9)16-2/h9-10H,3-8,12H2,1-2H3,(H2,13,14,15). The Bertz CT molecular complexity index is 220. The highest BCUT2D eigenvalue weighted by molar-refractivity contribution is 7.99. The minimum atomic E-state index is 0.510. The van der Waals surface area contributed by atoms with Crippen LogP contribution in [0.25, 0.3) is 0 Å². The number of thioether (sulfide) groups is 1. The molecule has 1 aliphatic carbocycles. The molecule has 0 aromatic heterocycles. The summed E-state index contributed by atoms with van der Waals surface area (Å²) in [6.45, 7) is 2.94. The Hall–Kier alpha value is -0.420. The van der Waals surface area contributed by atoms with Crippen LogP contribution in [0.15, 0.2) is 4.99 Å². The van der Waals surface area contributed by atoms with Crippen molar-refractivity contribution >= 4 is 17.7 Å². The summed E-state index contributed by atoms with van der Waals surface area (Å²) >= 11 is 1.94. The van der Waals surface area contributed by atoms with Crippen molar-refractivity contribution in [3.8, 4) is 0 Å². The quantitative estimate of drug-likeness (QED) is 0.303. The number of aliphatic imine (C=N–C) groups is 1. The summed E-state index contributed by atoms with van der Waals surface area (Å²) in [6, 6.07) is 0.510. The van der Waals surface area contributed by atoms with Gasteiger partial charge >= 0.3 is 0 Å². The molecule has 1 saturated carbocycles. The van der Waals surface area contributed by atoms with Gasteiger partial charge in [0.2, 0.25) is 5.96 Å². The second-order valence-corrected chi connectivity index (χ2v) is 5.26. The summed E-state index contributed by atoms with van der Waals surface area (Å²) in [5.41, 5.74) is 2.66. The van der Waals surface area contributed by atoms with Gasteiger partial charge in [-0.1, -0.05) is 19.8 Å². The number of nitrogens with zero attached hydrogens (tertiary/aromatic N) is 1. The van der Waals surface area contributed by atoms with Gasteiger partial charge in [-0.25, -0.2) is 5.84 Å². The summed E-state index contributed by atoms with van der Waals surface area (Å²) in [5.74, 6) is 6.21. The van der Waals surface area contributed by atoms with Crippen LogP contribution < -0.4 is 16.6 Å². The minimum Gasteiger partial charge on any atom is -0.351 e. The van der Waals surface area contributed by atoms with E-state index in [1.54, 1.807) is 0 Å². The summed E-state index contributed by atoms with van der Waals surface area (Å²) in [7, 11) is 0. The van der Waals surface area contributed by atoms with Gasteiger partial charge in [0.25, 0.3) is 0 Å².